The van der Waals surface area contributed by atoms with Crippen LogP contribution in [0.5, 0.6) is 0 Å². The van der Waals surface area contributed by atoms with Gasteiger partial charge in [-0.25, -0.2) is 18.4 Å². The first-order chi connectivity index (χ1) is 23.1. The number of halogens is 2. The van der Waals surface area contributed by atoms with Crippen LogP contribution in [0.25, 0.3) is 22.3 Å². The van der Waals surface area contributed by atoms with Crippen molar-refractivity contribution in [3.8, 4) is 22.3 Å². The minimum Gasteiger partial charge on any atom is -0.462 e. The molecule has 0 saturated heterocycles. The molecule has 0 spiro atoms. The van der Waals surface area contributed by atoms with E-state index in [0.717, 1.165) is 49.7 Å². The van der Waals surface area contributed by atoms with E-state index in [-0.39, 0.29) is 48.2 Å². The number of aliphatic hydroxyl groups excluding tert-OH is 1. The van der Waals surface area contributed by atoms with Gasteiger partial charge in [0.2, 0.25) is 0 Å². The number of esters is 2. The van der Waals surface area contributed by atoms with Crippen LogP contribution in [0.15, 0.2) is 85.0 Å². The Balaban J connectivity index is 1.38. The van der Waals surface area contributed by atoms with Crippen molar-refractivity contribution in [1.29, 1.82) is 0 Å². The number of aryl methyl sites for hydroxylation is 1. The molecule has 0 aromatic heterocycles. The van der Waals surface area contributed by atoms with Crippen molar-refractivity contribution in [2.75, 3.05) is 19.8 Å². The third-order valence-electron chi connectivity index (χ3n) is 9.50. The Morgan fingerprint density at radius 3 is 2.12 bits per heavy atom. The number of aliphatic hydroxyl groups is 1. The maximum Gasteiger partial charge on any atom is 0.335 e. The van der Waals surface area contributed by atoms with Crippen LogP contribution in [0, 0.1) is 23.5 Å². The first-order valence-corrected chi connectivity index (χ1v) is 17.1. The number of hydrogen-bond donors (Lipinski definition) is 1. The number of carbonyl (C=O) groups excluding carboxylic acids is 2. The molecule has 1 aliphatic carbocycles. The Morgan fingerprint density at radius 2 is 1.50 bits per heavy atom. The summed E-state index contributed by atoms with van der Waals surface area (Å²) in [6, 6.07) is 18.2. The Hall–Kier alpha value is -4.10. The summed E-state index contributed by atoms with van der Waals surface area (Å²) in [6.45, 7) is 10.7. The number of unbranched alkanes of at least 4 members (excludes halogenated alkanes) is 2. The van der Waals surface area contributed by atoms with Crippen LogP contribution in [-0.2, 0) is 25.5 Å². The van der Waals surface area contributed by atoms with Crippen molar-refractivity contribution in [3.05, 3.63) is 108 Å². The van der Waals surface area contributed by atoms with E-state index in [1.165, 1.54) is 24.5 Å². The molecule has 0 amide bonds. The second-order valence-electron chi connectivity index (χ2n) is 13.0. The highest BCUT2D eigenvalue weighted by Gasteiger charge is 2.30. The van der Waals surface area contributed by atoms with E-state index in [1.807, 2.05) is 18.2 Å². The summed E-state index contributed by atoms with van der Waals surface area (Å²) < 4.78 is 41.5. The summed E-state index contributed by atoms with van der Waals surface area (Å²) in [4.78, 5) is 24.0. The zero-order valence-electron chi connectivity index (χ0n) is 28.2. The van der Waals surface area contributed by atoms with Gasteiger partial charge in [-0.15, -0.1) is 0 Å². The molecule has 1 saturated carbocycles. The number of carbonyl (C=O) groups is 2. The van der Waals surface area contributed by atoms with Gasteiger partial charge in [-0.1, -0.05) is 81.5 Å². The Morgan fingerprint density at radius 1 is 0.854 bits per heavy atom. The van der Waals surface area contributed by atoms with E-state index in [0.29, 0.717) is 28.7 Å². The number of benzene rings is 3. The van der Waals surface area contributed by atoms with Crippen LogP contribution in [0.1, 0.15) is 82.3 Å². The molecule has 0 heterocycles. The minimum absolute atomic E-state index is 0.0141. The summed E-state index contributed by atoms with van der Waals surface area (Å²) in [5.74, 6) is -1.52. The highest BCUT2D eigenvalue weighted by Crippen LogP contribution is 2.41. The molecule has 3 aromatic carbocycles. The van der Waals surface area contributed by atoms with Gasteiger partial charge < -0.3 is 14.6 Å². The standard InChI is InChI=1S/C41H48F2O5/c1-5-6-7-8-29-9-11-32(12-10-29)36-20-18-34(24-39(36)43)37-19-17-33(23-38(37)42)30-13-15-31(16-14-30)35(26-48-40(45)27(2)3)21-22-47-41(46)28(4)25-44/h9-12,17-20,23-24,30-31,35,44H,2,4-8,13-16,21-22,25-26H2,1,3H3. The lowest BCUT2D eigenvalue weighted by Gasteiger charge is -2.34. The quantitative estimate of drug-likeness (QED) is 0.0943. The Kier molecular flexibility index (Phi) is 13.7. The van der Waals surface area contributed by atoms with Crippen LogP contribution in [0.3, 0.4) is 0 Å². The number of hydrogen-bond acceptors (Lipinski definition) is 5. The predicted octanol–water partition coefficient (Wildman–Crippen LogP) is 9.52. The highest BCUT2D eigenvalue weighted by atomic mass is 19.1. The van der Waals surface area contributed by atoms with E-state index >= 15 is 8.78 Å². The maximum absolute atomic E-state index is 15.5. The van der Waals surface area contributed by atoms with Crippen LogP contribution in [0.2, 0.25) is 0 Å². The molecule has 1 N–H and O–H groups in total. The topological polar surface area (TPSA) is 72.8 Å². The van der Waals surface area contributed by atoms with Crippen molar-refractivity contribution in [2.24, 2.45) is 11.8 Å². The monoisotopic (exact) mass is 658 g/mol. The molecule has 5 nitrogen and oxygen atoms in total. The molecule has 0 aliphatic heterocycles. The second kappa shape index (κ2) is 17.9. The molecular weight excluding hydrogens is 610 g/mol. The van der Waals surface area contributed by atoms with E-state index < -0.39 is 18.5 Å². The van der Waals surface area contributed by atoms with Crippen molar-refractivity contribution in [2.45, 2.75) is 77.6 Å². The van der Waals surface area contributed by atoms with Gasteiger partial charge in [-0.2, -0.15) is 0 Å². The molecule has 3 aromatic rings. The molecular formula is C41H48F2O5. The normalized spacial score (nSPS) is 16.6. The summed E-state index contributed by atoms with van der Waals surface area (Å²) in [6.07, 6.45) is 8.36. The van der Waals surface area contributed by atoms with Gasteiger partial charge in [0.05, 0.1) is 25.4 Å². The van der Waals surface area contributed by atoms with E-state index in [4.69, 9.17) is 14.6 Å². The molecule has 256 valence electrons. The lowest BCUT2D eigenvalue weighted by molar-refractivity contribution is -0.144. The molecule has 48 heavy (non-hydrogen) atoms. The first-order valence-electron chi connectivity index (χ1n) is 17.1. The number of rotatable bonds is 16. The van der Waals surface area contributed by atoms with Gasteiger partial charge in [-0.05, 0) is 104 Å². The first kappa shape index (κ1) is 36.7. The molecule has 7 heteroatoms. The second-order valence-corrected chi connectivity index (χ2v) is 13.0. The van der Waals surface area contributed by atoms with Gasteiger partial charge in [0.1, 0.15) is 11.6 Å². The summed E-state index contributed by atoms with van der Waals surface area (Å²) in [5, 5.41) is 9.11. The van der Waals surface area contributed by atoms with Crippen molar-refractivity contribution in [3.63, 3.8) is 0 Å². The van der Waals surface area contributed by atoms with Crippen LogP contribution < -0.4 is 0 Å². The average molecular weight is 659 g/mol. The fourth-order valence-corrected chi connectivity index (χ4v) is 6.52. The Bertz CT molecular complexity index is 1570. The fraction of sp³-hybridized carbons (Fsp3) is 0.415. The predicted molar refractivity (Wildman–Crippen MR) is 186 cm³/mol. The summed E-state index contributed by atoms with van der Waals surface area (Å²) in [5.41, 5.74) is 4.61. The molecule has 4 rings (SSSR count). The molecule has 1 fully saturated rings. The van der Waals surface area contributed by atoms with Crippen molar-refractivity contribution in [1.82, 2.24) is 0 Å². The van der Waals surface area contributed by atoms with E-state index in [2.05, 4.69) is 32.2 Å². The molecule has 1 unspecified atom stereocenters. The van der Waals surface area contributed by atoms with Gasteiger partial charge >= 0.3 is 11.9 Å². The van der Waals surface area contributed by atoms with Gasteiger partial charge in [0, 0.05) is 16.7 Å². The molecule has 0 radical (unpaired) electrons. The third kappa shape index (κ3) is 9.96. The van der Waals surface area contributed by atoms with Gasteiger partial charge in [-0.3, -0.25) is 0 Å². The lowest BCUT2D eigenvalue weighted by Crippen LogP contribution is -2.27. The largest absolute Gasteiger partial charge is 0.462 e. The smallest absolute Gasteiger partial charge is 0.335 e. The number of ether oxygens (including phenoxy) is 2. The van der Waals surface area contributed by atoms with E-state index in [1.54, 1.807) is 31.2 Å². The third-order valence-corrected chi connectivity index (χ3v) is 9.50. The van der Waals surface area contributed by atoms with Crippen LogP contribution >= 0.6 is 0 Å². The molecule has 1 aliphatic rings. The SMILES string of the molecule is C=C(C)C(=O)OCC(CCOC(=O)C(=C)CO)C1CCC(c2ccc(-c3ccc(-c4ccc(CCCCC)cc4)c(F)c3)c(F)c2)CC1. The van der Waals surface area contributed by atoms with Gasteiger partial charge in [0.25, 0.3) is 0 Å². The van der Waals surface area contributed by atoms with Crippen LogP contribution in [-0.4, -0.2) is 36.9 Å². The Labute approximate surface area is 283 Å². The molecule has 1 atom stereocenters. The van der Waals surface area contributed by atoms with Crippen molar-refractivity contribution >= 4 is 11.9 Å². The van der Waals surface area contributed by atoms with E-state index in [9.17, 15) is 9.59 Å². The van der Waals surface area contributed by atoms with Crippen molar-refractivity contribution < 1.29 is 33.0 Å². The highest BCUT2D eigenvalue weighted by molar-refractivity contribution is 5.88. The maximum atomic E-state index is 15.5. The summed E-state index contributed by atoms with van der Waals surface area (Å²) >= 11 is 0. The average Bonchev–Trinajstić information content (AvgIpc) is 3.09. The van der Waals surface area contributed by atoms with Crippen LogP contribution in [0.4, 0.5) is 8.78 Å². The fourth-order valence-electron chi connectivity index (χ4n) is 6.52. The molecule has 0 bridgehead atoms. The zero-order valence-corrected chi connectivity index (χ0v) is 28.2. The zero-order chi connectivity index (χ0) is 34.6. The van der Waals surface area contributed by atoms with Gasteiger partial charge in [0.15, 0.2) is 0 Å². The minimum atomic E-state index is -0.647. The summed E-state index contributed by atoms with van der Waals surface area (Å²) in [7, 11) is 0. The lowest BCUT2D eigenvalue weighted by atomic mass is 9.73.